The number of nitrogens with zero attached hydrogens (tertiary/aromatic N) is 6. The van der Waals surface area contributed by atoms with E-state index in [1.165, 1.54) is 18.5 Å². The zero-order valence-electron chi connectivity index (χ0n) is 17.3. The highest BCUT2D eigenvalue weighted by molar-refractivity contribution is 5.85. The molecule has 0 saturated carbocycles. The van der Waals surface area contributed by atoms with Crippen molar-refractivity contribution < 1.29 is 4.74 Å². The van der Waals surface area contributed by atoms with Gasteiger partial charge in [-0.05, 0) is 41.8 Å². The third kappa shape index (κ3) is 5.47. The number of para-hydroxylation sites is 1. The summed E-state index contributed by atoms with van der Waals surface area (Å²) in [6, 6.07) is 11.0. The molecule has 160 valence electrons. The van der Waals surface area contributed by atoms with Gasteiger partial charge < -0.3 is 9.64 Å². The van der Waals surface area contributed by atoms with Crippen molar-refractivity contribution in [3.8, 4) is 0 Å². The van der Waals surface area contributed by atoms with Crippen LogP contribution in [0.25, 0.3) is 0 Å². The van der Waals surface area contributed by atoms with E-state index in [1.54, 1.807) is 0 Å². The zero-order valence-corrected chi connectivity index (χ0v) is 18.1. The molecule has 2 fully saturated rings. The molecule has 2 saturated heterocycles. The first-order chi connectivity index (χ1) is 13.8. The van der Waals surface area contributed by atoms with Gasteiger partial charge in [-0.15, -0.1) is 17.5 Å². The number of aromatic nitrogens is 4. The van der Waals surface area contributed by atoms with E-state index in [2.05, 4.69) is 62.6 Å². The van der Waals surface area contributed by atoms with Gasteiger partial charge in [0.05, 0.1) is 18.7 Å². The van der Waals surface area contributed by atoms with Gasteiger partial charge in [-0.3, -0.25) is 4.90 Å². The van der Waals surface area contributed by atoms with Crippen LogP contribution in [0.15, 0.2) is 30.3 Å². The van der Waals surface area contributed by atoms with E-state index in [-0.39, 0.29) is 24.6 Å². The highest BCUT2D eigenvalue weighted by atomic mass is 35.5. The van der Waals surface area contributed by atoms with Gasteiger partial charge in [0.25, 0.3) is 0 Å². The largest absolute Gasteiger partial charge is 0.376 e. The Morgan fingerprint density at radius 2 is 1.93 bits per heavy atom. The fourth-order valence-corrected chi connectivity index (χ4v) is 4.36. The summed E-state index contributed by atoms with van der Waals surface area (Å²) in [4.78, 5) is 5.05. The van der Waals surface area contributed by atoms with Crippen LogP contribution >= 0.6 is 12.4 Å². The minimum Gasteiger partial charge on any atom is -0.376 e. The van der Waals surface area contributed by atoms with Crippen molar-refractivity contribution in [2.24, 2.45) is 0 Å². The van der Waals surface area contributed by atoms with Crippen LogP contribution in [0, 0.1) is 0 Å². The first kappa shape index (κ1) is 22.0. The van der Waals surface area contributed by atoms with Crippen LogP contribution in [-0.2, 0) is 11.3 Å². The average Bonchev–Trinajstić information content (AvgIpc) is 3.42. The molecule has 29 heavy (non-hydrogen) atoms. The van der Waals surface area contributed by atoms with Gasteiger partial charge in [-0.1, -0.05) is 38.0 Å². The Hall–Kier alpha value is -1.70. The molecule has 0 amide bonds. The summed E-state index contributed by atoms with van der Waals surface area (Å²) in [6.07, 6.45) is 5.99. The van der Waals surface area contributed by atoms with Gasteiger partial charge in [0.1, 0.15) is 0 Å². The second-order valence-electron chi connectivity index (χ2n) is 7.87. The summed E-state index contributed by atoms with van der Waals surface area (Å²) < 4.78 is 7.81. The minimum absolute atomic E-state index is 0. The number of piperazine rings is 1. The lowest BCUT2D eigenvalue weighted by molar-refractivity contribution is 0.0890. The van der Waals surface area contributed by atoms with Crippen LogP contribution in [0.4, 0.5) is 5.69 Å². The summed E-state index contributed by atoms with van der Waals surface area (Å²) in [6.45, 7) is 8.05. The number of halogens is 1. The van der Waals surface area contributed by atoms with Crippen molar-refractivity contribution in [3.63, 3.8) is 0 Å². The van der Waals surface area contributed by atoms with Crippen LogP contribution < -0.4 is 4.90 Å². The van der Waals surface area contributed by atoms with Crippen LogP contribution in [0.3, 0.4) is 0 Å². The van der Waals surface area contributed by atoms with Crippen molar-refractivity contribution in [2.45, 2.75) is 57.7 Å². The van der Waals surface area contributed by atoms with Crippen molar-refractivity contribution >= 4 is 18.1 Å². The topological polar surface area (TPSA) is 59.3 Å². The van der Waals surface area contributed by atoms with Crippen molar-refractivity contribution in [2.75, 3.05) is 37.7 Å². The molecule has 0 N–H and O–H groups in total. The molecule has 2 unspecified atom stereocenters. The van der Waals surface area contributed by atoms with Gasteiger partial charge in [-0.2, -0.15) is 0 Å². The first-order valence-electron chi connectivity index (χ1n) is 10.8. The van der Waals surface area contributed by atoms with E-state index in [9.17, 15) is 0 Å². The van der Waals surface area contributed by atoms with E-state index in [4.69, 9.17) is 4.74 Å². The van der Waals surface area contributed by atoms with Crippen LogP contribution in [0.2, 0.25) is 0 Å². The number of hydrogen-bond donors (Lipinski definition) is 0. The van der Waals surface area contributed by atoms with Crippen molar-refractivity contribution in [3.05, 3.63) is 36.2 Å². The summed E-state index contributed by atoms with van der Waals surface area (Å²) in [5, 5.41) is 12.8. The van der Waals surface area contributed by atoms with E-state index < -0.39 is 0 Å². The Morgan fingerprint density at radius 1 is 1.14 bits per heavy atom. The number of rotatable bonds is 8. The zero-order chi connectivity index (χ0) is 19.2. The average molecular weight is 421 g/mol. The molecule has 0 spiro atoms. The molecule has 2 aromatic rings. The third-order valence-corrected chi connectivity index (χ3v) is 5.97. The van der Waals surface area contributed by atoms with E-state index >= 15 is 0 Å². The second-order valence-corrected chi connectivity index (χ2v) is 7.87. The molecular weight excluding hydrogens is 388 g/mol. The Bertz CT molecular complexity index is 713. The number of ether oxygens (including phenoxy) is 1. The molecule has 3 heterocycles. The van der Waals surface area contributed by atoms with Crippen molar-refractivity contribution in [1.82, 2.24) is 25.1 Å². The molecule has 8 heteroatoms. The first-order valence-corrected chi connectivity index (χ1v) is 10.8. The molecule has 0 aliphatic carbocycles. The van der Waals surface area contributed by atoms with Gasteiger partial charge in [0.15, 0.2) is 5.82 Å². The van der Waals surface area contributed by atoms with E-state index in [0.717, 1.165) is 64.4 Å². The van der Waals surface area contributed by atoms with Crippen LogP contribution in [-0.4, -0.2) is 64.0 Å². The maximum atomic E-state index is 5.81. The number of unbranched alkanes of at least 4 members (excludes halogenated alkanes) is 1. The van der Waals surface area contributed by atoms with E-state index in [0.29, 0.717) is 0 Å². The molecule has 7 nitrogen and oxygen atoms in total. The molecule has 1 aromatic heterocycles. The number of benzene rings is 1. The molecule has 2 atom stereocenters. The Kier molecular flexibility index (Phi) is 8.27. The van der Waals surface area contributed by atoms with Gasteiger partial charge in [0.2, 0.25) is 0 Å². The smallest absolute Gasteiger partial charge is 0.168 e. The summed E-state index contributed by atoms with van der Waals surface area (Å²) in [7, 11) is 0. The van der Waals surface area contributed by atoms with Gasteiger partial charge in [0, 0.05) is 38.5 Å². The standard InChI is InChI=1S/C21H32N6O.ClH/c1-2-3-11-20(21-22-23-24-27(21)17-19-10-7-16-28-19)26-14-12-25(13-15-26)18-8-5-4-6-9-18;/h4-6,8-9,19-20H,2-3,7,10-17H2,1H3;1H. The van der Waals surface area contributed by atoms with Gasteiger partial charge >= 0.3 is 0 Å². The number of anilines is 1. The lowest BCUT2D eigenvalue weighted by Gasteiger charge is -2.39. The fourth-order valence-electron chi connectivity index (χ4n) is 4.36. The molecule has 2 aliphatic rings. The Balaban J connectivity index is 0.00000240. The quantitative estimate of drug-likeness (QED) is 0.652. The molecule has 2 aliphatic heterocycles. The molecular formula is C21H33ClN6O. The van der Waals surface area contributed by atoms with E-state index in [1.807, 2.05) is 4.68 Å². The number of hydrogen-bond acceptors (Lipinski definition) is 6. The maximum Gasteiger partial charge on any atom is 0.168 e. The molecule has 4 rings (SSSR count). The monoisotopic (exact) mass is 420 g/mol. The van der Waals surface area contributed by atoms with Gasteiger partial charge in [-0.25, -0.2) is 4.68 Å². The highest BCUT2D eigenvalue weighted by Crippen LogP contribution is 2.28. The van der Waals surface area contributed by atoms with Crippen molar-refractivity contribution in [1.29, 1.82) is 0 Å². The fraction of sp³-hybridized carbons (Fsp3) is 0.667. The second kappa shape index (κ2) is 10.9. The molecule has 1 aromatic carbocycles. The lowest BCUT2D eigenvalue weighted by Crippen LogP contribution is -2.48. The molecule has 0 radical (unpaired) electrons. The predicted molar refractivity (Wildman–Crippen MR) is 117 cm³/mol. The SMILES string of the molecule is CCCCC(c1nnnn1CC1CCCO1)N1CCN(c2ccccc2)CC1.Cl. The summed E-state index contributed by atoms with van der Waals surface area (Å²) >= 11 is 0. The number of tetrazole rings is 1. The predicted octanol–water partition coefficient (Wildman–Crippen LogP) is 3.33. The summed E-state index contributed by atoms with van der Waals surface area (Å²) in [5.74, 6) is 1.01. The molecule has 0 bridgehead atoms. The maximum absolute atomic E-state index is 5.81. The lowest BCUT2D eigenvalue weighted by atomic mass is 10.1. The normalized spacial score (nSPS) is 21.1. The van der Waals surface area contributed by atoms with Crippen LogP contribution in [0.1, 0.15) is 50.9 Å². The summed E-state index contributed by atoms with van der Waals surface area (Å²) in [5.41, 5.74) is 1.32. The highest BCUT2D eigenvalue weighted by Gasteiger charge is 2.30. The minimum atomic E-state index is 0. The Labute approximate surface area is 179 Å². The van der Waals surface area contributed by atoms with Crippen LogP contribution in [0.5, 0.6) is 0 Å². The Morgan fingerprint density at radius 3 is 2.62 bits per heavy atom. The third-order valence-electron chi connectivity index (χ3n) is 5.97.